The smallest absolute Gasteiger partial charge is 0.132 e. The molecule has 0 bridgehead atoms. The largest absolute Gasteiger partial charge is 0.300 e. The first-order chi connectivity index (χ1) is 22.8. The van der Waals surface area contributed by atoms with Gasteiger partial charge in [-0.1, -0.05) is 258 Å². The fourth-order valence-electron chi connectivity index (χ4n) is 7.28. The van der Waals surface area contributed by atoms with Gasteiger partial charge in [0.15, 0.2) is 0 Å². The Hall–Kier alpha value is -0.330. The summed E-state index contributed by atoms with van der Waals surface area (Å²) < 4.78 is 0. The minimum Gasteiger partial charge on any atom is -0.300 e. The Morgan fingerprint density at radius 1 is 0.217 bits per heavy atom. The van der Waals surface area contributed by atoms with Gasteiger partial charge >= 0.3 is 0 Å². The highest BCUT2D eigenvalue weighted by Gasteiger charge is 2.02. The normalized spacial score (nSPS) is 11.5. The Morgan fingerprint density at radius 3 is 0.500 bits per heavy atom. The molecule has 0 aromatic heterocycles. The third-order valence-corrected chi connectivity index (χ3v) is 10.6. The molecular formula is C45H90O. The van der Waals surface area contributed by atoms with Crippen LogP contribution >= 0.6 is 0 Å². The molecule has 0 amide bonds. The molecular weight excluding hydrogens is 556 g/mol. The summed E-state index contributed by atoms with van der Waals surface area (Å²) in [6, 6.07) is 0. The molecule has 0 unspecified atom stereocenters. The van der Waals surface area contributed by atoms with E-state index in [4.69, 9.17) is 0 Å². The van der Waals surface area contributed by atoms with Gasteiger partial charge in [-0.2, -0.15) is 0 Å². The lowest BCUT2D eigenvalue weighted by atomic mass is 10.0. The highest BCUT2D eigenvalue weighted by atomic mass is 16.1. The predicted molar refractivity (Wildman–Crippen MR) is 210 cm³/mol. The molecule has 0 aliphatic heterocycles. The molecule has 0 saturated heterocycles. The van der Waals surface area contributed by atoms with Crippen molar-refractivity contribution in [3.63, 3.8) is 0 Å². The van der Waals surface area contributed by atoms with Crippen molar-refractivity contribution in [2.75, 3.05) is 0 Å². The Kier molecular flexibility index (Phi) is 42.4. The monoisotopic (exact) mass is 647 g/mol. The van der Waals surface area contributed by atoms with Crippen LogP contribution in [0.25, 0.3) is 0 Å². The second kappa shape index (κ2) is 42.7. The molecule has 0 saturated carbocycles. The molecule has 0 heterocycles. The van der Waals surface area contributed by atoms with Gasteiger partial charge in [0.05, 0.1) is 0 Å². The van der Waals surface area contributed by atoms with Gasteiger partial charge in [-0.05, 0) is 12.8 Å². The molecule has 0 radical (unpaired) electrons. The quantitative estimate of drug-likeness (QED) is 0.0603. The summed E-state index contributed by atoms with van der Waals surface area (Å²) in [6.07, 6.45) is 58.4. The van der Waals surface area contributed by atoms with Crippen LogP contribution < -0.4 is 0 Å². The molecule has 0 aromatic carbocycles. The predicted octanol–water partition coefficient (Wildman–Crippen LogP) is 17.0. The van der Waals surface area contributed by atoms with E-state index in [-0.39, 0.29) is 0 Å². The van der Waals surface area contributed by atoms with E-state index >= 15 is 0 Å². The van der Waals surface area contributed by atoms with Crippen molar-refractivity contribution >= 4 is 5.78 Å². The van der Waals surface area contributed by atoms with E-state index < -0.39 is 0 Å². The molecule has 276 valence electrons. The van der Waals surface area contributed by atoms with Gasteiger partial charge in [-0.25, -0.2) is 0 Å². The Morgan fingerprint density at radius 2 is 0.348 bits per heavy atom. The van der Waals surface area contributed by atoms with E-state index in [2.05, 4.69) is 13.8 Å². The second-order valence-electron chi connectivity index (χ2n) is 15.5. The number of Topliss-reactive ketones (excluding diaryl/α,β-unsaturated/α-hetero) is 1. The molecule has 0 aliphatic rings. The van der Waals surface area contributed by atoms with Gasteiger partial charge in [0.1, 0.15) is 5.78 Å². The molecule has 1 nitrogen and oxygen atoms in total. The fraction of sp³-hybridized carbons (Fsp3) is 0.978. The minimum absolute atomic E-state index is 0.530. The van der Waals surface area contributed by atoms with Gasteiger partial charge in [0.2, 0.25) is 0 Å². The first-order valence-corrected chi connectivity index (χ1v) is 22.3. The molecule has 0 fully saturated rings. The lowest BCUT2D eigenvalue weighted by Crippen LogP contribution is -1.97. The second-order valence-corrected chi connectivity index (χ2v) is 15.5. The van der Waals surface area contributed by atoms with Crippen molar-refractivity contribution in [2.24, 2.45) is 0 Å². The van der Waals surface area contributed by atoms with Crippen LogP contribution in [0, 0.1) is 0 Å². The maximum atomic E-state index is 12.2. The van der Waals surface area contributed by atoms with E-state index in [1.807, 2.05) is 0 Å². The van der Waals surface area contributed by atoms with Gasteiger partial charge in [0, 0.05) is 12.8 Å². The van der Waals surface area contributed by atoms with Crippen LogP contribution in [0.15, 0.2) is 0 Å². The number of carbonyl (C=O) groups is 1. The number of ketones is 1. The summed E-state index contributed by atoms with van der Waals surface area (Å²) in [7, 11) is 0. The van der Waals surface area contributed by atoms with Crippen LogP contribution in [-0.4, -0.2) is 5.78 Å². The number of rotatable bonds is 42. The highest BCUT2D eigenvalue weighted by molar-refractivity contribution is 5.78. The zero-order valence-corrected chi connectivity index (χ0v) is 32.6. The van der Waals surface area contributed by atoms with Gasteiger partial charge < -0.3 is 0 Å². The van der Waals surface area contributed by atoms with E-state index in [0.29, 0.717) is 5.78 Å². The number of hydrogen-bond acceptors (Lipinski definition) is 1. The summed E-state index contributed by atoms with van der Waals surface area (Å²) in [6.45, 7) is 4.60. The van der Waals surface area contributed by atoms with Gasteiger partial charge in [-0.15, -0.1) is 0 Å². The summed E-state index contributed by atoms with van der Waals surface area (Å²) in [4.78, 5) is 12.2. The molecule has 0 N–H and O–H groups in total. The topological polar surface area (TPSA) is 17.1 Å². The van der Waals surface area contributed by atoms with Crippen LogP contribution in [0.4, 0.5) is 0 Å². The molecule has 0 aromatic rings. The highest BCUT2D eigenvalue weighted by Crippen LogP contribution is 2.17. The molecule has 0 rings (SSSR count). The van der Waals surface area contributed by atoms with Crippen LogP contribution in [0.1, 0.15) is 284 Å². The van der Waals surface area contributed by atoms with E-state index in [1.54, 1.807) is 0 Å². The van der Waals surface area contributed by atoms with Crippen molar-refractivity contribution in [1.29, 1.82) is 0 Å². The van der Waals surface area contributed by atoms with E-state index in [9.17, 15) is 4.79 Å². The first kappa shape index (κ1) is 45.7. The SMILES string of the molecule is CCCCCCCCCCCCCCCCCCCCCCCCCCCCCC(=O)CCCCCCCCCCCCCCC. The summed E-state index contributed by atoms with van der Waals surface area (Å²) >= 11 is 0. The van der Waals surface area contributed by atoms with Crippen molar-refractivity contribution in [3.05, 3.63) is 0 Å². The average molecular weight is 647 g/mol. The number of carbonyl (C=O) groups excluding carboxylic acids is 1. The molecule has 0 aliphatic carbocycles. The maximum Gasteiger partial charge on any atom is 0.132 e. The van der Waals surface area contributed by atoms with Crippen LogP contribution in [0.2, 0.25) is 0 Å². The zero-order valence-electron chi connectivity index (χ0n) is 32.6. The molecule has 1 heteroatoms. The van der Waals surface area contributed by atoms with Crippen molar-refractivity contribution in [1.82, 2.24) is 0 Å². The third-order valence-electron chi connectivity index (χ3n) is 10.6. The van der Waals surface area contributed by atoms with Crippen molar-refractivity contribution in [2.45, 2.75) is 284 Å². The third kappa shape index (κ3) is 41.7. The number of hydrogen-bond donors (Lipinski definition) is 0. The van der Waals surface area contributed by atoms with Crippen LogP contribution in [0.5, 0.6) is 0 Å². The summed E-state index contributed by atoms with van der Waals surface area (Å²) in [5, 5.41) is 0. The van der Waals surface area contributed by atoms with E-state index in [1.165, 1.54) is 244 Å². The lowest BCUT2D eigenvalue weighted by molar-refractivity contribution is -0.119. The zero-order chi connectivity index (χ0) is 33.3. The minimum atomic E-state index is 0.530. The lowest BCUT2D eigenvalue weighted by Gasteiger charge is -2.05. The number of unbranched alkanes of at least 4 members (excludes halogenated alkanes) is 38. The van der Waals surface area contributed by atoms with Gasteiger partial charge in [0.25, 0.3) is 0 Å². The fourth-order valence-corrected chi connectivity index (χ4v) is 7.28. The van der Waals surface area contributed by atoms with E-state index in [0.717, 1.165) is 25.7 Å². The molecule has 46 heavy (non-hydrogen) atoms. The van der Waals surface area contributed by atoms with Crippen molar-refractivity contribution < 1.29 is 4.79 Å². The van der Waals surface area contributed by atoms with Gasteiger partial charge in [-0.3, -0.25) is 4.79 Å². The Labute approximate surface area is 293 Å². The van der Waals surface area contributed by atoms with Crippen LogP contribution in [-0.2, 0) is 4.79 Å². The molecule has 0 atom stereocenters. The maximum absolute atomic E-state index is 12.2. The summed E-state index contributed by atoms with van der Waals surface area (Å²) in [5.41, 5.74) is 0. The average Bonchev–Trinajstić information content (AvgIpc) is 3.06. The first-order valence-electron chi connectivity index (χ1n) is 22.3. The van der Waals surface area contributed by atoms with Crippen molar-refractivity contribution in [3.8, 4) is 0 Å². The Balaban J connectivity index is 3.12. The van der Waals surface area contributed by atoms with Crippen LogP contribution in [0.3, 0.4) is 0 Å². The summed E-state index contributed by atoms with van der Waals surface area (Å²) in [5.74, 6) is 0.530. The molecule has 0 spiro atoms. The Bertz CT molecular complexity index is 539. The standard InChI is InChI=1S/C45H90O/c1-3-5-7-9-11-13-15-17-18-19-20-21-22-23-24-25-26-27-28-29-30-32-34-36-38-40-42-44-45(46)43-41-39-37-35-33-31-16-14-12-10-8-6-4-2/h3-44H2,1-2H3.